The minimum absolute atomic E-state index is 0.839. The van der Waals surface area contributed by atoms with Crippen LogP contribution in [-0.2, 0) is 0 Å². The number of anilines is 1. The van der Waals surface area contributed by atoms with Crippen LogP contribution >= 0.6 is 11.9 Å². The van der Waals surface area contributed by atoms with Gasteiger partial charge in [-0.3, -0.25) is 4.99 Å². The Morgan fingerprint density at radius 2 is 1.89 bits per heavy atom. The molecule has 0 amide bonds. The molecule has 3 heteroatoms. The van der Waals surface area contributed by atoms with E-state index in [4.69, 9.17) is 0 Å². The Labute approximate surface area is 118 Å². The lowest BCUT2D eigenvalue weighted by molar-refractivity contribution is 1.51. The zero-order valence-electron chi connectivity index (χ0n) is 10.9. The predicted molar refractivity (Wildman–Crippen MR) is 88.3 cm³/mol. The van der Waals surface area contributed by atoms with Crippen LogP contribution in [0, 0.1) is 0 Å². The van der Waals surface area contributed by atoms with E-state index in [0.717, 1.165) is 28.1 Å². The second-order valence-corrected chi connectivity index (χ2v) is 4.57. The van der Waals surface area contributed by atoms with E-state index in [1.54, 1.807) is 0 Å². The predicted octanol–water partition coefficient (Wildman–Crippen LogP) is 5.02. The van der Waals surface area contributed by atoms with E-state index in [1.807, 2.05) is 36.6 Å². The summed E-state index contributed by atoms with van der Waals surface area (Å²) in [5, 5.41) is 0. The largest absolute Gasteiger partial charge is 0.328 e. The van der Waals surface area contributed by atoms with Crippen molar-refractivity contribution in [3.8, 4) is 11.1 Å². The first kappa shape index (κ1) is 13.4. The van der Waals surface area contributed by atoms with Crippen molar-refractivity contribution in [2.75, 3.05) is 11.0 Å². The van der Waals surface area contributed by atoms with Crippen LogP contribution in [0.5, 0.6) is 0 Å². The fourth-order valence-electron chi connectivity index (χ4n) is 2.05. The van der Waals surface area contributed by atoms with Crippen molar-refractivity contribution in [2.24, 2.45) is 4.99 Å². The van der Waals surface area contributed by atoms with E-state index in [0.29, 0.717) is 0 Å². The molecule has 2 aromatic carbocycles. The standard InChI is InChI=1S/C16H16N2S/c1-4-13-14(12-8-6-5-7-9-12)10-11-15(18-19-3)16(13)17-2/h4-11,18H,1-2H2,3H3. The molecule has 0 saturated carbocycles. The van der Waals surface area contributed by atoms with Gasteiger partial charge in [-0.15, -0.1) is 0 Å². The smallest absolute Gasteiger partial charge is 0.0940 e. The molecule has 0 aliphatic heterocycles. The van der Waals surface area contributed by atoms with Gasteiger partial charge in [-0.05, 0) is 23.9 Å². The number of rotatable bonds is 5. The molecule has 19 heavy (non-hydrogen) atoms. The molecule has 0 heterocycles. The summed E-state index contributed by atoms with van der Waals surface area (Å²) in [6.07, 6.45) is 3.81. The SMILES string of the molecule is C=Cc1c(-c2ccccc2)ccc(NSC)c1N=C. The number of hydrogen-bond donors (Lipinski definition) is 1. The van der Waals surface area contributed by atoms with Crippen molar-refractivity contribution in [2.45, 2.75) is 0 Å². The van der Waals surface area contributed by atoms with E-state index in [1.165, 1.54) is 11.9 Å². The van der Waals surface area contributed by atoms with Gasteiger partial charge in [0.05, 0.1) is 11.4 Å². The van der Waals surface area contributed by atoms with E-state index in [2.05, 4.69) is 41.2 Å². The molecule has 2 rings (SSSR count). The molecule has 0 aromatic heterocycles. The average molecular weight is 268 g/mol. The number of nitrogens with one attached hydrogen (secondary N) is 1. The summed E-state index contributed by atoms with van der Waals surface area (Å²) < 4.78 is 3.22. The van der Waals surface area contributed by atoms with Gasteiger partial charge < -0.3 is 4.72 Å². The van der Waals surface area contributed by atoms with E-state index >= 15 is 0 Å². The highest BCUT2D eigenvalue weighted by atomic mass is 32.2. The van der Waals surface area contributed by atoms with Crippen LogP contribution in [0.3, 0.4) is 0 Å². The minimum Gasteiger partial charge on any atom is -0.328 e. The Hall–Kier alpha value is -2.00. The first-order valence-corrected chi connectivity index (χ1v) is 7.15. The first-order valence-electron chi connectivity index (χ1n) is 5.92. The van der Waals surface area contributed by atoms with Crippen LogP contribution in [0.1, 0.15) is 5.56 Å². The van der Waals surface area contributed by atoms with Gasteiger partial charge >= 0.3 is 0 Å². The molecule has 0 unspecified atom stereocenters. The Morgan fingerprint density at radius 1 is 1.16 bits per heavy atom. The zero-order valence-corrected chi connectivity index (χ0v) is 11.7. The Balaban J connectivity index is 2.64. The van der Waals surface area contributed by atoms with E-state index in [-0.39, 0.29) is 0 Å². The van der Waals surface area contributed by atoms with Crippen molar-refractivity contribution >= 4 is 36.1 Å². The summed E-state index contributed by atoms with van der Waals surface area (Å²) in [4.78, 5) is 4.15. The molecule has 0 spiro atoms. The third-order valence-electron chi connectivity index (χ3n) is 2.88. The van der Waals surface area contributed by atoms with Crippen LogP contribution in [0.2, 0.25) is 0 Å². The van der Waals surface area contributed by atoms with Crippen LogP contribution in [0.15, 0.2) is 54.0 Å². The van der Waals surface area contributed by atoms with E-state index < -0.39 is 0 Å². The fraction of sp³-hybridized carbons (Fsp3) is 0.0625. The van der Waals surface area contributed by atoms with Gasteiger partial charge in [0.25, 0.3) is 0 Å². The Bertz CT molecular complexity index is 591. The summed E-state index contributed by atoms with van der Waals surface area (Å²) in [6, 6.07) is 14.3. The zero-order chi connectivity index (χ0) is 13.7. The number of benzene rings is 2. The molecule has 0 aliphatic carbocycles. The van der Waals surface area contributed by atoms with Crippen molar-refractivity contribution in [1.82, 2.24) is 0 Å². The van der Waals surface area contributed by atoms with Gasteiger partial charge in [0.1, 0.15) is 0 Å². The Kier molecular flexibility index (Phi) is 4.42. The molecule has 0 saturated heterocycles. The number of hydrogen-bond acceptors (Lipinski definition) is 3. The summed E-state index contributed by atoms with van der Waals surface area (Å²) in [5.41, 5.74) is 5.06. The maximum absolute atomic E-state index is 4.15. The lowest BCUT2D eigenvalue weighted by atomic mass is 9.97. The maximum Gasteiger partial charge on any atom is 0.0940 e. The molecule has 0 aliphatic rings. The maximum atomic E-state index is 4.15. The van der Waals surface area contributed by atoms with Crippen molar-refractivity contribution < 1.29 is 0 Å². The van der Waals surface area contributed by atoms with Crippen molar-refractivity contribution in [1.29, 1.82) is 0 Å². The fourth-order valence-corrected chi connectivity index (χ4v) is 2.43. The molecule has 0 fully saturated rings. The number of nitrogens with zero attached hydrogens (tertiary/aromatic N) is 1. The van der Waals surface area contributed by atoms with Gasteiger partial charge in [0.2, 0.25) is 0 Å². The summed E-state index contributed by atoms with van der Waals surface area (Å²) in [7, 11) is 0. The lowest BCUT2D eigenvalue weighted by Gasteiger charge is -2.14. The second kappa shape index (κ2) is 6.25. The second-order valence-electron chi connectivity index (χ2n) is 3.96. The van der Waals surface area contributed by atoms with Crippen molar-refractivity contribution in [3.05, 3.63) is 54.6 Å². The van der Waals surface area contributed by atoms with Crippen LogP contribution in [-0.4, -0.2) is 13.0 Å². The van der Waals surface area contributed by atoms with E-state index in [9.17, 15) is 0 Å². The quantitative estimate of drug-likeness (QED) is 0.608. The molecular formula is C16H16N2S. The van der Waals surface area contributed by atoms with Crippen molar-refractivity contribution in [3.63, 3.8) is 0 Å². The average Bonchev–Trinajstić information content (AvgIpc) is 2.47. The molecular weight excluding hydrogens is 252 g/mol. The lowest BCUT2D eigenvalue weighted by Crippen LogP contribution is -1.90. The highest BCUT2D eigenvalue weighted by Crippen LogP contribution is 2.38. The molecule has 0 bridgehead atoms. The van der Waals surface area contributed by atoms with Crippen LogP contribution < -0.4 is 4.72 Å². The highest BCUT2D eigenvalue weighted by molar-refractivity contribution is 7.99. The van der Waals surface area contributed by atoms with Crippen LogP contribution in [0.25, 0.3) is 17.2 Å². The monoisotopic (exact) mass is 268 g/mol. The molecule has 2 nitrogen and oxygen atoms in total. The normalized spacial score (nSPS) is 9.95. The van der Waals surface area contributed by atoms with Gasteiger partial charge in [-0.2, -0.15) is 0 Å². The van der Waals surface area contributed by atoms with Gasteiger partial charge in [0, 0.05) is 11.8 Å². The van der Waals surface area contributed by atoms with Crippen LogP contribution in [0.4, 0.5) is 11.4 Å². The van der Waals surface area contributed by atoms with Gasteiger partial charge in [0.15, 0.2) is 0 Å². The van der Waals surface area contributed by atoms with Gasteiger partial charge in [-0.25, -0.2) is 0 Å². The summed E-state index contributed by atoms with van der Waals surface area (Å²) in [5.74, 6) is 0. The minimum atomic E-state index is 0.839. The first-order chi connectivity index (χ1) is 9.31. The van der Waals surface area contributed by atoms with Gasteiger partial charge in [-0.1, -0.05) is 61.0 Å². The highest BCUT2D eigenvalue weighted by Gasteiger charge is 2.11. The third-order valence-corrected chi connectivity index (χ3v) is 3.30. The molecule has 0 atom stereocenters. The summed E-state index contributed by atoms with van der Waals surface area (Å²) >= 11 is 1.53. The number of aliphatic imine (C=N–C) groups is 1. The molecule has 0 radical (unpaired) electrons. The third kappa shape index (κ3) is 2.71. The molecule has 96 valence electrons. The summed E-state index contributed by atoms with van der Waals surface area (Å²) in [6.45, 7) is 7.57. The molecule has 2 aromatic rings. The topological polar surface area (TPSA) is 24.4 Å². The molecule has 1 N–H and O–H groups in total. The Morgan fingerprint density at radius 3 is 2.47 bits per heavy atom.